The highest BCUT2D eigenvalue weighted by Gasteiger charge is 2.19. The van der Waals surface area contributed by atoms with E-state index < -0.39 is 0 Å². The fourth-order valence-corrected chi connectivity index (χ4v) is 2.11. The number of amides is 1. The minimum atomic E-state index is -0.0861. The van der Waals surface area contributed by atoms with E-state index >= 15 is 0 Å². The summed E-state index contributed by atoms with van der Waals surface area (Å²) >= 11 is 0. The number of hydrogen-bond donors (Lipinski definition) is 2. The van der Waals surface area contributed by atoms with E-state index in [1.165, 1.54) is 25.9 Å². The largest absolute Gasteiger partial charge is 0.353 e. The molecule has 1 atom stereocenters. The van der Waals surface area contributed by atoms with E-state index in [2.05, 4.69) is 22.6 Å². The minimum absolute atomic E-state index is 0.0861. The molecule has 0 saturated carbocycles. The summed E-state index contributed by atoms with van der Waals surface area (Å²) in [4.78, 5) is 14.1. The lowest BCUT2D eigenvalue weighted by atomic mass is 9.97. The molecule has 0 aromatic heterocycles. The van der Waals surface area contributed by atoms with Crippen molar-refractivity contribution in [3.8, 4) is 0 Å². The molecule has 4 heteroatoms. The molecule has 1 rings (SSSR count). The topological polar surface area (TPSA) is 44.4 Å². The molecule has 17 heavy (non-hydrogen) atoms. The molecular formula is C13H27N3O. The zero-order valence-electron chi connectivity index (χ0n) is 11.6. The molecule has 100 valence electrons. The van der Waals surface area contributed by atoms with Crippen LogP contribution in [0.4, 0.5) is 0 Å². The van der Waals surface area contributed by atoms with Crippen molar-refractivity contribution in [1.82, 2.24) is 15.5 Å². The molecular weight excluding hydrogens is 214 g/mol. The Morgan fingerprint density at radius 3 is 2.41 bits per heavy atom. The van der Waals surface area contributed by atoms with Crippen molar-refractivity contribution in [1.29, 1.82) is 0 Å². The summed E-state index contributed by atoms with van der Waals surface area (Å²) in [7, 11) is 2.17. The molecule has 0 aliphatic carbocycles. The van der Waals surface area contributed by atoms with Crippen LogP contribution in [0.2, 0.25) is 0 Å². The minimum Gasteiger partial charge on any atom is -0.353 e. The lowest BCUT2D eigenvalue weighted by molar-refractivity contribution is -0.123. The molecule has 2 N–H and O–H groups in total. The maximum absolute atomic E-state index is 11.7. The van der Waals surface area contributed by atoms with Gasteiger partial charge in [-0.05, 0) is 66.2 Å². The average molecular weight is 241 g/mol. The second kappa shape index (κ2) is 6.97. The van der Waals surface area contributed by atoms with Gasteiger partial charge in [0, 0.05) is 6.04 Å². The van der Waals surface area contributed by atoms with E-state index in [1.807, 2.05) is 20.8 Å². The van der Waals surface area contributed by atoms with E-state index in [4.69, 9.17) is 0 Å². The second-order valence-corrected chi connectivity index (χ2v) is 5.54. The Balaban J connectivity index is 2.19. The number of carbonyl (C=O) groups is 1. The van der Waals surface area contributed by atoms with Crippen LogP contribution in [0.15, 0.2) is 0 Å². The van der Waals surface area contributed by atoms with Crippen LogP contribution in [0.3, 0.4) is 0 Å². The summed E-state index contributed by atoms with van der Waals surface area (Å²) in [6, 6.07) is 0.132. The molecule has 1 fully saturated rings. The number of hydrogen-bond acceptors (Lipinski definition) is 3. The monoisotopic (exact) mass is 241 g/mol. The highest BCUT2D eigenvalue weighted by atomic mass is 16.2. The molecule has 0 radical (unpaired) electrons. The predicted octanol–water partition coefficient (Wildman–Crippen LogP) is 0.831. The number of nitrogens with zero attached hydrogens (tertiary/aromatic N) is 1. The first-order chi connectivity index (χ1) is 7.99. The number of likely N-dealkylation sites (tertiary alicyclic amines) is 1. The smallest absolute Gasteiger partial charge is 0.237 e. The third-order valence-electron chi connectivity index (χ3n) is 3.38. The van der Waals surface area contributed by atoms with E-state index in [1.54, 1.807) is 0 Å². The third-order valence-corrected chi connectivity index (χ3v) is 3.38. The highest BCUT2D eigenvalue weighted by Crippen LogP contribution is 2.14. The van der Waals surface area contributed by atoms with E-state index in [9.17, 15) is 4.79 Å². The van der Waals surface area contributed by atoms with Crippen LogP contribution < -0.4 is 10.6 Å². The fourth-order valence-electron chi connectivity index (χ4n) is 2.11. The first-order valence-corrected chi connectivity index (χ1v) is 6.71. The zero-order valence-corrected chi connectivity index (χ0v) is 11.6. The second-order valence-electron chi connectivity index (χ2n) is 5.54. The van der Waals surface area contributed by atoms with Crippen LogP contribution >= 0.6 is 0 Å². The molecule has 0 bridgehead atoms. The quantitative estimate of drug-likeness (QED) is 0.749. The molecule has 1 unspecified atom stereocenters. The number of piperidine rings is 1. The van der Waals surface area contributed by atoms with E-state index in [0.717, 1.165) is 12.5 Å². The van der Waals surface area contributed by atoms with E-state index in [-0.39, 0.29) is 18.0 Å². The van der Waals surface area contributed by atoms with Gasteiger partial charge in [-0.25, -0.2) is 0 Å². The Hall–Kier alpha value is -0.610. The molecule has 0 spiro atoms. The number of rotatable bonds is 5. The molecule has 1 heterocycles. The Bertz CT molecular complexity index is 235. The van der Waals surface area contributed by atoms with Crippen LogP contribution in [0.1, 0.15) is 33.6 Å². The summed E-state index contributed by atoms with van der Waals surface area (Å²) in [5.41, 5.74) is 0. The molecule has 1 saturated heterocycles. The van der Waals surface area contributed by atoms with Gasteiger partial charge in [0.05, 0.1) is 6.04 Å². The van der Waals surface area contributed by atoms with Crippen LogP contribution in [0, 0.1) is 5.92 Å². The van der Waals surface area contributed by atoms with Crippen molar-refractivity contribution >= 4 is 5.91 Å². The first-order valence-electron chi connectivity index (χ1n) is 6.71. The van der Waals surface area contributed by atoms with Crippen LogP contribution in [0.25, 0.3) is 0 Å². The maximum Gasteiger partial charge on any atom is 0.237 e. The van der Waals surface area contributed by atoms with Crippen molar-refractivity contribution in [3.05, 3.63) is 0 Å². The molecule has 4 nitrogen and oxygen atoms in total. The Morgan fingerprint density at radius 1 is 1.29 bits per heavy atom. The van der Waals surface area contributed by atoms with Gasteiger partial charge in [0.1, 0.15) is 0 Å². The highest BCUT2D eigenvalue weighted by molar-refractivity contribution is 5.81. The molecule has 1 aliphatic heterocycles. The summed E-state index contributed by atoms with van der Waals surface area (Å²) in [6.07, 6.45) is 2.48. The van der Waals surface area contributed by atoms with Gasteiger partial charge >= 0.3 is 0 Å². The van der Waals surface area contributed by atoms with Gasteiger partial charge in [-0.2, -0.15) is 0 Å². The molecule has 1 amide bonds. The summed E-state index contributed by atoms with van der Waals surface area (Å²) in [6.45, 7) is 9.23. The normalized spacial score (nSPS) is 20.5. The van der Waals surface area contributed by atoms with Crippen molar-refractivity contribution in [2.24, 2.45) is 5.92 Å². The van der Waals surface area contributed by atoms with Gasteiger partial charge < -0.3 is 15.5 Å². The van der Waals surface area contributed by atoms with Gasteiger partial charge in [0.15, 0.2) is 0 Å². The van der Waals surface area contributed by atoms with Gasteiger partial charge in [0.2, 0.25) is 5.91 Å². The zero-order chi connectivity index (χ0) is 12.8. The molecule has 0 aromatic carbocycles. The number of carbonyl (C=O) groups excluding carboxylic acids is 1. The van der Waals surface area contributed by atoms with Gasteiger partial charge in [0.25, 0.3) is 0 Å². The van der Waals surface area contributed by atoms with E-state index in [0.29, 0.717) is 0 Å². The standard InChI is InChI=1S/C13H27N3O/c1-10(2)15-13(17)11(3)14-9-12-5-7-16(4)8-6-12/h10-12,14H,5-9H2,1-4H3,(H,15,17). The van der Waals surface area contributed by atoms with Crippen molar-refractivity contribution < 1.29 is 4.79 Å². The van der Waals surface area contributed by atoms with Gasteiger partial charge in [-0.1, -0.05) is 0 Å². The predicted molar refractivity (Wildman–Crippen MR) is 71.0 cm³/mol. The van der Waals surface area contributed by atoms with Crippen LogP contribution in [0.5, 0.6) is 0 Å². The van der Waals surface area contributed by atoms with Gasteiger partial charge in [-0.3, -0.25) is 4.79 Å². The molecule has 0 aromatic rings. The van der Waals surface area contributed by atoms with Crippen LogP contribution in [-0.4, -0.2) is 49.6 Å². The lowest BCUT2D eigenvalue weighted by Gasteiger charge is -2.29. The van der Waals surface area contributed by atoms with Crippen molar-refractivity contribution in [3.63, 3.8) is 0 Å². The maximum atomic E-state index is 11.7. The third kappa shape index (κ3) is 5.50. The Morgan fingerprint density at radius 2 is 1.88 bits per heavy atom. The Kier molecular flexibility index (Phi) is 5.92. The van der Waals surface area contributed by atoms with Gasteiger partial charge in [-0.15, -0.1) is 0 Å². The summed E-state index contributed by atoms with van der Waals surface area (Å²) in [5.74, 6) is 0.827. The Labute approximate surface area is 105 Å². The van der Waals surface area contributed by atoms with Crippen LogP contribution in [-0.2, 0) is 4.79 Å². The average Bonchev–Trinajstić information content (AvgIpc) is 2.27. The lowest BCUT2D eigenvalue weighted by Crippen LogP contribution is -2.46. The molecule has 1 aliphatic rings. The van der Waals surface area contributed by atoms with Crippen molar-refractivity contribution in [2.45, 2.75) is 45.7 Å². The number of nitrogens with one attached hydrogen (secondary N) is 2. The SMILES string of the molecule is CC(C)NC(=O)C(C)NCC1CCN(C)CC1. The van der Waals surface area contributed by atoms with Crippen molar-refractivity contribution in [2.75, 3.05) is 26.7 Å². The summed E-state index contributed by atoms with van der Waals surface area (Å²) in [5, 5.41) is 6.27. The fraction of sp³-hybridized carbons (Fsp3) is 0.923. The first kappa shape index (κ1) is 14.5. The summed E-state index contributed by atoms with van der Waals surface area (Å²) < 4.78 is 0.